The van der Waals surface area contributed by atoms with Crippen molar-refractivity contribution in [3.8, 4) is 45.3 Å². The SMILES string of the molecule is c1ccc(-c2nc(-c3ccccc3)nc(-c3ccc4c(c3)-c3ccccc3C43C4CC5CC(C4)CC3C5)n2)cc1. The number of fused-ring (bicyclic) bond motifs is 3. The molecule has 0 saturated heterocycles. The van der Waals surface area contributed by atoms with Crippen molar-refractivity contribution in [1.29, 1.82) is 0 Å². The number of hydrogen-bond donors (Lipinski definition) is 0. The molecule has 1 spiro atoms. The predicted molar refractivity (Wildman–Crippen MR) is 159 cm³/mol. The minimum absolute atomic E-state index is 0.182. The lowest BCUT2D eigenvalue weighted by atomic mass is 9.43. The van der Waals surface area contributed by atoms with Crippen molar-refractivity contribution in [2.45, 2.75) is 37.5 Å². The molecule has 0 aliphatic heterocycles. The first-order chi connectivity index (χ1) is 19.8. The maximum atomic E-state index is 5.04. The van der Waals surface area contributed by atoms with E-state index in [1.165, 1.54) is 43.2 Å². The Bertz CT molecular complexity index is 1670. The van der Waals surface area contributed by atoms with Crippen LogP contribution in [0.4, 0.5) is 0 Å². The fourth-order valence-corrected chi connectivity index (χ4v) is 9.24. The molecule has 0 radical (unpaired) electrons. The number of nitrogens with zero attached hydrogens (tertiary/aromatic N) is 3. The average Bonchev–Trinajstić information content (AvgIpc) is 3.30. The van der Waals surface area contributed by atoms with Gasteiger partial charge in [0.25, 0.3) is 0 Å². The van der Waals surface area contributed by atoms with E-state index in [1.54, 1.807) is 11.1 Å². The Kier molecular flexibility index (Phi) is 4.79. The molecule has 1 aromatic heterocycles. The highest BCUT2D eigenvalue weighted by molar-refractivity contribution is 5.85. The van der Waals surface area contributed by atoms with Crippen LogP contribution in [0.1, 0.15) is 43.2 Å². The van der Waals surface area contributed by atoms with Gasteiger partial charge in [-0.25, -0.2) is 15.0 Å². The zero-order chi connectivity index (χ0) is 26.3. The van der Waals surface area contributed by atoms with Crippen LogP contribution in [0.15, 0.2) is 103 Å². The van der Waals surface area contributed by atoms with Crippen LogP contribution < -0.4 is 0 Å². The Hall–Kier alpha value is -4.11. The minimum Gasteiger partial charge on any atom is -0.208 e. The Morgan fingerprint density at radius 2 is 0.950 bits per heavy atom. The quantitative estimate of drug-likeness (QED) is 0.240. The highest BCUT2D eigenvalue weighted by Crippen LogP contribution is 2.69. The zero-order valence-electron chi connectivity index (χ0n) is 22.5. The van der Waals surface area contributed by atoms with Crippen molar-refractivity contribution in [2.75, 3.05) is 0 Å². The lowest BCUT2D eigenvalue weighted by Gasteiger charge is -2.61. The van der Waals surface area contributed by atoms with E-state index in [4.69, 9.17) is 15.0 Å². The van der Waals surface area contributed by atoms with Gasteiger partial charge in [-0.1, -0.05) is 97.1 Å². The van der Waals surface area contributed by atoms with Gasteiger partial charge in [0, 0.05) is 22.1 Å². The molecule has 0 amide bonds. The number of rotatable bonds is 3. The van der Waals surface area contributed by atoms with Crippen molar-refractivity contribution in [3.63, 3.8) is 0 Å². The molecular formula is C37H31N3. The number of hydrogen-bond acceptors (Lipinski definition) is 3. The second-order valence-electron chi connectivity index (χ2n) is 12.5. The molecule has 194 valence electrons. The molecule has 1 heterocycles. The van der Waals surface area contributed by atoms with Crippen LogP contribution >= 0.6 is 0 Å². The average molecular weight is 518 g/mol. The van der Waals surface area contributed by atoms with Crippen LogP contribution in [-0.2, 0) is 5.41 Å². The monoisotopic (exact) mass is 517 g/mol. The van der Waals surface area contributed by atoms with Gasteiger partial charge in [-0.05, 0) is 84.1 Å². The smallest absolute Gasteiger partial charge is 0.164 e. The van der Waals surface area contributed by atoms with Crippen molar-refractivity contribution in [1.82, 2.24) is 15.0 Å². The summed E-state index contributed by atoms with van der Waals surface area (Å²) in [6, 6.07) is 36.9. The van der Waals surface area contributed by atoms with Crippen molar-refractivity contribution in [3.05, 3.63) is 114 Å². The Morgan fingerprint density at radius 3 is 1.55 bits per heavy atom. The largest absolute Gasteiger partial charge is 0.208 e. The summed E-state index contributed by atoms with van der Waals surface area (Å²) in [5.41, 5.74) is 9.21. The highest BCUT2D eigenvalue weighted by atomic mass is 15.0. The van der Waals surface area contributed by atoms with Gasteiger partial charge in [-0.15, -0.1) is 0 Å². The Morgan fingerprint density at radius 1 is 0.450 bits per heavy atom. The lowest BCUT2D eigenvalue weighted by molar-refractivity contribution is -0.0399. The van der Waals surface area contributed by atoms with E-state index >= 15 is 0 Å². The van der Waals surface area contributed by atoms with E-state index in [2.05, 4.69) is 66.7 Å². The van der Waals surface area contributed by atoms with Crippen molar-refractivity contribution >= 4 is 0 Å². The van der Waals surface area contributed by atoms with Crippen molar-refractivity contribution in [2.24, 2.45) is 23.7 Å². The van der Waals surface area contributed by atoms with E-state index in [1.807, 2.05) is 36.4 Å². The van der Waals surface area contributed by atoms with Crippen LogP contribution in [0.3, 0.4) is 0 Å². The Balaban J connectivity index is 1.23. The number of benzene rings is 4. The van der Waals surface area contributed by atoms with Gasteiger partial charge in [0.15, 0.2) is 17.5 Å². The van der Waals surface area contributed by atoms with E-state index in [0.717, 1.165) is 46.2 Å². The van der Waals surface area contributed by atoms with Gasteiger partial charge in [0.2, 0.25) is 0 Å². The molecule has 3 nitrogen and oxygen atoms in total. The third-order valence-corrected chi connectivity index (χ3v) is 10.5. The van der Waals surface area contributed by atoms with Gasteiger partial charge in [-0.2, -0.15) is 0 Å². The number of aromatic nitrogens is 3. The zero-order valence-corrected chi connectivity index (χ0v) is 22.5. The second-order valence-corrected chi connectivity index (χ2v) is 12.5. The molecule has 3 heteroatoms. The summed E-state index contributed by atoms with van der Waals surface area (Å²) in [5.74, 6) is 5.58. The first-order valence-corrected chi connectivity index (χ1v) is 14.9. The van der Waals surface area contributed by atoms with E-state index in [-0.39, 0.29) is 5.41 Å². The standard InChI is InChI=1S/C37H31N3/c1-3-9-25(10-4-1)34-38-35(26-11-5-2-6-12-26)40-36(39-34)27-15-16-33-31(22-27)30-13-7-8-14-32(30)37(33)28-18-23-17-24(20-28)21-29(37)19-23/h1-16,22-24,28-29H,17-21H2. The summed E-state index contributed by atoms with van der Waals surface area (Å²) in [6.45, 7) is 0. The minimum atomic E-state index is 0.182. The first kappa shape index (κ1) is 22.7. The third kappa shape index (κ3) is 3.15. The van der Waals surface area contributed by atoms with E-state index in [0.29, 0.717) is 11.6 Å². The molecule has 0 N–H and O–H groups in total. The summed E-state index contributed by atoms with van der Waals surface area (Å²) in [7, 11) is 0. The van der Waals surface area contributed by atoms with Crippen LogP contribution in [0.2, 0.25) is 0 Å². The summed E-state index contributed by atoms with van der Waals surface area (Å²) < 4.78 is 0. The molecule has 5 aliphatic carbocycles. The molecule has 0 unspecified atom stereocenters. The summed E-state index contributed by atoms with van der Waals surface area (Å²) in [4.78, 5) is 15.0. The van der Waals surface area contributed by atoms with Crippen LogP contribution in [0, 0.1) is 23.7 Å². The maximum Gasteiger partial charge on any atom is 0.164 e. The second kappa shape index (κ2) is 8.44. The van der Waals surface area contributed by atoms with Gasteiger partial charge >= 0.3 is 0 Å². The van der Waals surface area contributed by atoms with Crippen LogP contribution in [0.5, 0.6) is 0 Å². The first-order valence-electron chi connectivity index (χ1n) is 14.9. The van der Waals surface area contributed by atoms with Gasteiger partial charge in [0.1, 0.15) is 0 Å². The molecular weight excluding hydrogens is 486 g/mol. The molecule has 5 aliphatic rings. The molecule has 4 bridgehead atoms. The fourth-order valence-electron chi connectivity index (χ4n) is 9.24. The predicted octanol–water partition coefficient (Wildman–Crippen LogP) is 8.60. The molecule has 4 saturated carbocycles. The normalized spacial score (nSPS) is 27.1. The molecule has 10 rings (SSSR count). The topological polar surface area (TPSA) is 38.7 Å². The molecule has 4 fully saturated rings. The third-order valence-electron chi connectivity index (χ3n) is 10.5. The van der Waals surface area contributed by atoms with Crippen molar-refractivity contribution < 1.29 is 0 Å². The van der Waals surface area contributed by atoms with E-state index < -0.39 is 0 Å². The summed E-state index contributed by atoms with van der Waals surface area (Å²) >= 11 is 0. The fraction of sp³-hybridized carbons (Fsp3) is 0.270. The highest BCUT2D eigenvalue weighted by Gasteiger charge is 2.61. The molecule has 5 aromatic rings. The van der Waals surface area contributed by atoms with Crippen LogP contribution in [0.25, 0.3) is 45.3 Å². The van der Waals surface area contributed by atoms with Gasteiger partial charge in [0.05, 0.1) is 0 Å². The van der Waals surface area contributed by atoms with Gasteiger partial charge in [-0.3, -0.25) is 0 Å². The lowest BCUT2D eigenvalue weighted by Crippen LogP contribution is -2.55. The van der Waals surface area contributed by atoms with Gasteiger partial charge < -0.3 is 0 Å². The Labute approximate surface area is 235 Å². The maximum absolute atomic E-state index is 5.04. The summed E-state index contributed by atoms with van der Waals surface area (Å²) in [5, 5.41) is 0. The molecule has 0 atom stereocenters. The molecule has 40 heavy (non-hydrogen) atoms. The van der Waals surface area contributed by atoms with Crippen LogP contribution in [-0.4, -0.2) is 15.0 Å². The molecule has 4 aromatic carbocycles. The van der Waals surface area contributed by atoms with E-state index in [9.17, 15) is 0 Å². The summed E-state index contributed by atoms with van der Waals surface area (Å²) in [6.07, 6.45) is 7.07.